The van der Waals surface area contributed by atoms with E-state index in [1.807, 2.05) is 0 Å². The fraction of sp³-hybridized carbons (Fsp3) is 0.118. The first-order valence-corrected chi connectivity index (χ1v) is 7.19. The van der Waals surface area contributed by atoms with Crippen molar-refractivity contribution in [2.24, 2.45) is 0 Å². The molecule has 1 heterocycles. The van der Waals surface area contributed by atoms with Gasteiger partial charge in [0.1, 0.15) is 5.52 Å². The molecule has 26 heavy (non-hydrogen) atoms. The van der Waals surface area contributed by atoms with Crippen molar-refractivity contribution in [3.05, 3.63) is 53.1 Å². The Morgan fingerprint density at radius 2 is 2.08 bits per heavy atom. The predicted octanol–water partition coefficient (Wildman–Crippen LogP) is 4.25. The monoisotopic (exact) mass is 361 g/mol. The van der Waals surface area contributed by atoms with E-state index in [4.69, 9.17) is 9.68 Å². The summed E-state index contributed by atoms with van der Waals surface area (Å²) in [6.45, 7) is 0. The van der Waals surface area contributed by atoms with Crippen molar-refractivity contribution in [3.63, 3.8) is 0 Å². The standard InChI is InChI=1S/C17H10F3N3O3/c1-25-15(24)9-3-2-4-11(5-9)22-16-23-13-7-12(17(18,19)20)10(8-21)6-14(13)26-16/h2-7H,1H3,(H,22,23). The second kappa shape index (κ2) is 6.40. The number of esters is 1. The van der Waals surface area contributed by atoms with Crippen molar-refractivity contribution in [2.75, 3.05) is 12.4 Å². The molecule has 0 radical (unpaired) electrons. The predicted molar refractivity (Wildman–Crippen MR) is 84.8 cm³/mol. The van der Waals surface area contributed by atoms with Crippen LogP contribution in [-0.4, -0.2) is 18.1 Å². The van der Waals surface area contributed by atoms with E-state index in [0.717, 1.165) is 12.1 Å². The number of rotatable bonds is 3. The molecule has 9 heteroatoms. The highest BCUT2D eigenvalue weighted by Crippen LogP contribution is 2.35. The molecule has 3 rings (SSSR count). The van der Waals surface area contributed by atoms with E-state index in [1.54, 1.807) is 12.1 Å². The van der Waals surface area contributed by atoms with Crippen LogP contribution in [0.4, 0.5) is 24.9 Å². The highest BCUT2D eigenvalue weighted by molar-refractivity contribution is 5.90. The normalized spacial score (nSPS) is 11.2. The maximum Gasteiger partial charge on any atom is 0.417 e. The van der Waals surface area contributed by atoms with Gasteiger partial charge in [0.15, 0.2) is 5.58 Å². The Morgan fingerprint density at radius 1 is 1.31 bits per heavy atom. The molecule has 0 saturated carbocycles. The van der Waals surface area contributed by atoms with Gasteiger partial charge >= 0.3 is 12.1 Å². The van der Waals surface area contributed by atoms with Crippen LogP contribution in [0.15, 0.2) is 40.8 Å². The zero-order valence-corrected chi connectivity index (χ0v) is 13.2. The number of anilines is 2. The minimum atomic E-state index is -4.68. The van der Waals surface area contributed by atoms with Gasteiger partial charge in [0.05, 0.1) is 29.9 Å². The lowest BCUT2D eigenvalue weighted by Crippen LogP contribution is -2.07. The largest absolute Gasteiger partial charge is 0.465 e. The summed E-state index contributed by atoms with van der Waals surface area (Å²) in [5, 5.41) is 11.7. The molecule has 0 bridgehead atoms. The third-order valence-electron chi connectivity index (χ3n) is 3.49. The smallest absolute Gasteiger partial charge is 0.417 e. The van der Waals surface area contributed by atoms with E-state index < -0.39 is 23.3 Å². The van der Waals surface area contributed by atoms with E-state index in [0.29, 0.717) is 5.69 Å². The number of carbonyl (C=O) groups is 1. The second-order valence-corrected chi connectivity index (χ2v) is 5.19. The first kappa shape index (κ1) is 17.3. The number of methoxy groups -OCH3 is 1. The number of ether oxygens (including phenoxy) is 1. The van der Waals surface area contributed by atoms with Crippen molar-refractivity contribution in [1.29, 1.82) is 5.26 Å². The Hall–Kier alpha value is -3.54. The zero-order chi connectivity index (χ0) is 18.9. The minimum Gasteiger partial charge on any atom is -0.465 e. The fourth-order valence-electron chi connectivity index (χ4n) is 2.32. The number of fused-ring (bicyclic) bond motifs is 1. The van der Waals surface area contributed by atoms with Crippen LogP contribution in [0, 0.1) is 11.3 Å². The van der Waals surface area contributed by atoms with E-state index in [9.17, 15) is 18.0 Å². The molecule has 0 saturated heterocycles. The average Bonchev–Trinajstić information content (AvgIpc) is 3.00. The quantitative estimate of drug-likeness (QED) is 0.702. The van der Waals surface area contributed by atoms with Crippen molar-refractivity contribution in [3.8, 4) is 6.07 Å². The average molecular weight is 361 g/mol. The number of oxazole rings is 1. The molecule has 2 aromatic carbocycles. The number of nitrogens with one attached hydrogen (secondary N) is 1. The van der Waals surface area contributed by atoms with E-state index in [-0.39, 0.29) is 22.7 Å². The zero-order valence-electron chi connectivity index (χ0n) is 13.2. The van der Waals surface area contributed by atoms with Crippen LogP contribution in [0.5, 0.6) is 0 Å². The number of alkyl halides is 3. The Morgan fingerprint density at radius 3 is 2.73 bits per heavy atom. The van der Waals surface area contributed by atoms with E-state index in [2.05, 4.69) is 15.0 Å². The van der Waals surface area contributed by atoms with Gasteiger partial charge in [-0.05, 0) is 24.3 Å². The number of nitriles is 1. The van der Waals surface area contributed by atoms with Gasteiger partial charge in [-0.25, -0.2) is 4.79 Å². The molecule has 0 fully saturated rings. The molecular formula is C17H10F3N3O3. The molecule has 0 atom stereocenters. The summed E-state index contributed by atoms with van der Waals surface area (Å²) in [6, 6.07) is 9.38. The lowest BCUT2D eigenvalue weighted by molar-refractivity contribution is -0.137. The SMILES string of the molecule is COC(=O)c1cccc(Nc2nc3cc(C(F)(F)F)c(C#N)cc3o2)c1. The van der Waals surface area contributed by atoms with Crippen LogP contribution in [0.2, 0.25) is 0 Å². The molecule has 0 aliphatic heterocycles. The number of carbonyl (C=O) groups excluding carboxylic acids is 1. The highest BCUT2D eigenvalue weighted by atomic mass is 19.4. The topological polar surface area (TPSA) is 88.1 Å². The van der Waals surface area contributed by atoms with Crippen molar-refractivity contribution >= 4 is 28.8 Å². The summed E-state index contributed by atoms with van der Waals surface area (Å²) in [6.07, 6.45) is -4.68. The third kappa shape index (κ3) is 3.30. The van der Waals surface area contributed by atoms with Crippen molar-refractivity contribution in [1.82, 2.24) is 4.98 Å². The van der Waals surface area contributed by atoms with Gasteiger partial charge in [-0.15, -0.1) is 0 Å². The molecule has 6 nitrogen and oxygen atoms in total. The third-order valence-corrected chi connectivity index (χ3v) is 3.49. The van der Waals surface area contributed by atoms with Crippen LogP contribution >= 0.6 is 0 Å². The Labute approximate surface area is 144 Å². The molecule has 1 aromatic heterocycles. The Kier molecular flexibility index (Phi) is 4.26. The first-order valence-electron chi connectivity index (χ1n) is 7.19. The lowest BCUT2D eigenvalue weighted by atomic mass is 10.1. The van der Waals surface area contributed by atoms with Gasteiger partial charge in [-0.1, -0.05) is 6.07 Å². The van der Waals surface area contributed by atoms with Crippen LogP contribution in [0.25, 0.3) is 11.1 Å². The van der Waals surface area contributed by atoms with Gasteiger partial charge in [0.25, 0.3) is 6.01 Å². The van der Waals surface area contributed by atoms with Gasteiger partial charge in [-0.2, -0.15) is 23.4 Å². The number of hydrogen-bond acceptors (Lipinski definition) is 6. The molecular weight excluding hydrogens is 351 g/mol. The van der Waals surface area contributed by atoms with Crippen molar-refractivity contribution < 1.29 is 27.1 Å². The molecule has 3 aromatic rings. The summed E-state index contributed by atoms with van der Waals surface area (Å²) in [5.74, 6) is -0.542. The molecule has 0 spiro atoms. The second-order valence-electron chi connectivity index (χ2n) is 5.19. The van der Waals surface area contributed by atoms with Gasteiger partial charge in [0, 0.05) is 11.8 Å². The van der Waals surface area contributed by atoms with E-state index >= 15 is 0 Å². The minimum absolute atomic E-state index is 0.0289. The number of halogens is 3. The molecule has 132 valence electrons. The molecule has 1 N–H and O–H groups in total. The fourth-order valence-corrected chi connectivity index (χ4v) is 2.32. The van der Waals surface area contributed by atoms with Crippen LogP contribution in [0.1, 0.15) is 21.5 Å². The number of benzene rings is 2. The number of hydrogen-bond donors (Lipinski definition) is 1. The molecule has 0 aliphatic carbocycles. The van der Waals surface area contributed by atoms with Crippen molar-refractivity contribution in [2.45, 2.75) is 6.18 Å². The van der Waals surface area contributed by atoms with Crippen LogP contribution in [-0.2, 0) is 10.9 Å². The lowest BCUT2D eigenvalue weighted by Gasteiger charge is -2.07. The van der Waals surface area contributed by atoms with E-state index in [1.165, 1.54) is 25.3 Å². The summed E-state index contributed by atoms with van der Waals surface area (Å²) in [7, 11) is 1.24. The Balaban J connectivity index is 1.98. The highest BCUT2D eigenvalue weighted by Gasteiger charge is 2.34. The van der Waals surface area contributed by atoms with Crippen LogP contribution in [0.3, 0.4) is 0 Å². The first-order chi connectivity index (χ1) is 12.3. The molecule has 0 unspecified atom stereocenters. The van der Waals surface area contributed by atoms with Gasteiger partial charge in [0.2, 0.25) is 0 Å². The molecule has 0 amide bonds. The summed E-state index contributed by atoms with van der Waals surface area (Å²) in [5.41, 5.74) is -0.958. The Bertz CT molecular complexity index is 1040. The number of nitrogens with zero attached hydrogens (tertiary/aromatic N) is 2. The summed E-state index contributed by atoms with van der Waals surface area (Å²) < 4.78 is 49.0. The summed E-state index contributed by atoms with van der Waals surface area (Å²) in [4.78, 5) is 15.5. The van der Waals surface area contributed by atoms with Gasteiger partial charge in [-0.3, -0.25) is 0 Å². The number of aromatic nitrogens is 1. The molecule has 0 aliphatic rings. The maximum absolute atomic E-state index is 13.0. The van der Waals surface area contributed by atoms with Crippen LogP contribution < -0.4 is 5.32 Å². The van der Waals surface area contributed by atoms with Gasteiger partial charge < -0.3 is 14.5 Å². The summed E-state index contributed by atoms with van der Waals surface area (Å²) >= 11 is 0. The maximum atomic E-state index is 13.0.